The summed E-state index contributed by atoms with van der Waals surface area (Å²) in [6, 6.07) is 10.7. The Morgan fingerprint density at radius 3 is 2.64 bits per heavy atom. The van der Waals surface area contributed by atoms with Gasteiger partial charge in [-0.25, -0.2) is 13.9 Å². The molecule has 7 nitrogen and oxygen atoms in total. The van der Waals surface area contributed by atoms with Crippen LogP contribution >= 0.6 is 0 Å². The Balaban J connectivity index is 1.78. The maximum Gasteiger partial charge on any atom is 0.190 e. The molecule has 0 aliphatic carbocycles. The average molecular weight is 379 g/mol. The van der Waals surface area contributed by atoms with Crippen LogP contribution in [0.2, 0.25) is 0 Å². The second-order valence-corrected chi connectivity index (χ2v) is 6.77. The smallest absolute Gasteiger partial charge is 0.190 e. The summed E-state index contributed by atoms with van der Waals surface area (Å²) in [5, 5.41) is 22.1. The van der Waals surface area contributed by atoms with Crippen molar-refractivity contribution >= 4 is 11.5 Å². The molecule has 3 aromatic rings. The number of aromatic nitrogens is 4. The van der Waals surface area contributed by atoms with E-state index in [1.807, 2.05) is 0 Å². The molecule has 0 aliphatic rings. The van der Waals surface area contributed by atoms with Gasteiger partial charge in [0.25, 0.3) is 0 Å². The van der Waals surface area contributed by atoms with E-state index < -0.39 is 11.4 Å². The van der Waals surface area contributed by atoms with Crippen LogP contribution in [0, 0.1) is 19.3 Å². The molecule has 0 aliphatic heterocycles. The number of carbonyl (C=O) groups excluding carboxylic acids is 1. The summed E-state index contributed by atoms with van der Waals surface area (Å²) >= 11 is 0. The zero-order valence-corrected chi connectivity index (χ0v) is 15.4. The van der Waals surface area contributed by atoms with Crippen molar-refractivity contribution in [3.8, 4) is 11.4 Å². The lowest BCUT2D eigenvalue weighted by molar-refractivity contribution is -0.136. The van der Waals surface area contributed by atoms with Crippen LogP contribution in [0.5, 0.6) is 0 Å². The molecule has 0 saturated carbocycles. The molecule has 0 saturated heterocycles. The van der Waals surface area contributed by atoms with Gasteiger partial charge in [0, 0.05) is 12.0 Å². The molecule has 0 bridgehead atoms. The highest BCUT2D eigenvalue weighted by Gasteiger charge is 2.32. The van der Waals surface area contributed by atoms with Crippen molar-refractivity contribution < 1.29 is 14.3 Å². The summed E-state index contributed by atoms with van der Waals surface area (Å²) in [7, 11) is 0. The summed E-state index contributed by atoms with van der Waals surface area (Å²) in [6.45, 7) is 10.1. The van der Waals surface area contributed by atoms with Crippen LogP contribution in [0.25, 0.3) is 16.2 Å². The minimum atomic E-state index is -1.71. The van der Waals surface area contributed by atoms with E-state index >= 15 is 0 Å². The van der Waals surface area contributed by atoms with E-state index in [2.05, 4.69) is 20.4 Å². The molecule has 1 heterocycles. The molecule has 0 unspecified atom stereocenters. The van der Waals surface area contributed by atoms with Crippen molar-refractivity contribution in [3.63, 3.8) is 0 Å². The van der Waals surface area contributed by atoms with Gasteiger partial charge < -0.3 is 5.11 Å². The Labute approximate surface area is 161 Å². The third-order valence-corrected chi connectivity index (χ3v) is 4.44. The number of nitrogens with zero attached hydrogens (tertiary/aromatic N) is 5. The number of carbonyl (C=O) groups is 1. The highest BCUT2D eigenvalue weighted by Crippen LogP contribution is 2.22. The Bertz CT molecular complexity index is 1050. The molecule has 1 aromatic heterocycles. The largest absolute Gasteiger partial charge is 0.380 e. The molecule has 2 aromatic carbocycles. The van der Waals surface area contributed by atoms with Crippen molar-refractivity contribution in [2.24, 2.45) is 0 Å². The minimum Gasteiger partial charge on any atom is -0.380 e. The lowest BCUT2D eigenvalue weighted by atomic mass is 9.94. The molecular weight excluding hydrogens is 361 g/mol. The van der Waals surface area contributed by atoms with Crippen LogP contribution in [0.3, 0.4) is 0 Å². The van der Waals surface area contributed by atoms with Crippen molar-refractivity contribution in [2.75, 3.05) is 0 Å². The van der Waals surface area contributed by atoms with Gasteiger partial charge in [-0.1, -0.05) is 18.2 Å². The van der Waals surface area contributed by atoms with Crippen LogP contribution < -0.4 is 0 Å². The average Bonchev–Trinajstić information content (AvgIpc) is 3.10. The normalized spacial score (nSPS) is 13.0. The second kappa shape index (κ2) is 7.66. The highest BCUT2D eigenvalue weighted by atomic mass is 19.1. The summed E-state index contributed by atoms with van der Waals surface area (Å²) in [5.41, 5.74) is 0.876. The fourth-order valence-corrected chi connectivity index (χ4v) is 2.83. The maximum atomic E-state index is 13.1. The molecule has 0 radical (unpaired) electrons. The van der Waals surface area contributed by atoms with Crippen molar-refractivity contribution in [1.82, 2.24) is 20.2 Å². The number of hydrogen-bond donors (Lipinski definition) is 1. The standard InChI is InChI=1S/C20H18FN5O2/c1-13-10-14(4-9-17(13)22-3)11-18(27)20(2,28)12-26-19(23-24-25-26)15-5-7-16(21)8-6-15/h4-10,28H,11-12H2,1-2H3/t20-/m0/s1. The fourth-order valence-electron chi connectivity index (χ4n) is 2.83. The molecular formula is C20H18FN5O2. The second-order valence-electron chi connectivity index (χ2n) is 6.77. The Kier molecular flexibility index (Phi) is 5.29. The SMILES string of the molecule is [C-]#[N+]c1ccc(CC(=O)[C@@](C)(O)Cn2nnnc2-c2ccc(F)cc2)cc1C. The number of tetrazole rings is 1. The molecule has 28 heavy (non-hydrogen) atoms. The van der Waals surface area contributed by atoms with Crippen molar-refractivity contribution in [3.05, 3.63) is 70.8 Å². The van der Waals surface area contributed by atoms with Crippen molar-refractivity contribution in [1.29, 1.82) is 0 Å². The minimum absolute atomic E-state index is 0.0140. The van der Waals surface area contributed by atoms with E-state index in [0.717, 1.165) is 5.56 Å². The number of rotatable bonds is 6. The van der Waals surface area contributed by atoms with E-state index in [1.165, 1.54) is 35.9 Å². The van der Waals surface area contributed by atoms with Gasteiger partial charge in [-0.15, -0.1) is 5.10 Å². The Hall–Kier alpha value is -3.44. The van der Waals surface area contributed by atoms with E-state index in [0.29, 0.717) is 22.6 Å². The van der Waals surface area contributed by atoms with Crippen molar-refractivity contribution in [2.45, 2.75) is 32.4 Å². The predicted octanol–water partition coefficient (Wildman–Crippen LogP) is 2.90. The lowest BCUT2D eigenvalue weighted by Gasteiger charge is -2.22. The summed E-state index contributed by atoms with van der Waals surface area (Å²) in [6.07, 6.45) is 0.0140. The van der Waals surface area contributed by atoms with Gasteiger partial charge in [0.15, 0.2) is 17.3 Å². The van der Waals surface area contributed by atoms with Gasteiger partial charge in [0.2, 0.25) is 0 Å². The zero-order valence-electron chi connectivity index (χ0n) is 15.4. The molecule has 8 heteroatoms. The maximum absolute atomic E-state index is 13.1. The number of aryl methyl sites for hydroxylation is 1. The molecule has 0 fully saturated rings. The van der Waals surface area contributed by atoms with Gasteiger partial charge >= 0.3 is 0 Å². The summed E-state index contributed by atoms with van der Waals surface area (Å²) in [4.78, 5) is 16.1. The molecule has 1 atom stereocenters. The van der Waals surface area contributed by atoms with Crippen LogP contribution in [0.15, 0.2) is 42.5 Å². The number of benzene rings is 2. The first-order valence-corrected chi connectivity index (χ1v) is 8.55. The third-order valence-electron chi connectivity index (χ3n) is 4.44. The molecule has 0 amide bonds. The first kappa shape index (κ1) is 19.3. The predicted molar refractivity (Wildman–Crippen MR) is 100.0 cm³/mol. The first-order chi connectivity index (χ1) is 13.3. The Morgan fingerprint density at radius 2 is 2.00 bits per heavy atom. The molecule has 1 N–H and O–H groups in total. The number of halogens is 1. The van der Waals surface area contributed by atoms with E-state index in [1.54, 1.807) is 25.1 Å². The summed E-state index contributed by atoms with van der Waals surface area (Å²) in [5.74, 6) is -0.460. The summed E-state index contributed by atoms with van der Waals surface area (Å²) < 4.78 is 14.4. The van der Waals surface area contributed by atoms with Gasteiger partial charge in [-0.05, 0) is 59.7 Å². The van der Waals surface area contributed by atoms with Crippen LogP contribution in [-0.4, -0.2) is 36.7 Å². The van der Waals surface area contributed by atoms with E-state index in [-0.39, 0.29) is 18.8 Å². The number of aliphatic hydroxyl groups is 1. The monoisotopic (exact) mass is 379 g/mol. The van der Waals surface area contributed by atoms with Gasteiger partial charge in [-0.3, -0.25) is 4.79 Å². The molecule has 142 valence electrons. The first-order valence-electron chi connectivity index (χ1n) is 8.55. The molecule has 3 rings (SSSR count). The van der Waals surface area contributed by atoms with Gasteiger partial charge in [0.05, 0.1) is 13.1 Å². The zero-order chi connectivity index (χ0) is 20.3. The van der Waals surface area contributed by atoms with E-state index in [9.17, 15) is 14.3 Å². The topological polar surface area (TPSA) is 85.3 Å². The van der Waals surface area contributed by atoms with Gasteiger partial charge in [-0.2, -0.15) is 0 Å². The van der Waals surface area contributed by atoms with Crippen LogP contribution in [-0.2, 0) is 17.8 Å². The highest BCUT2D eigenvalue weighted by molar-refractivity contribution is 5.88. The number of ketones is 1. The molecule has 0 spiro atoms. The lowest BCUT2D eigenvalue weighted by Crippen LogP contribution is -2.41. The number of hydrogen-bond acceptors (Lipinski definition) is 5. The third kappa shape index (κ3) is 4.10. The quantitative estimate of drug-likeness (QED) is 0.666. The van der Waals surface area contributed by atoms with Gasteiger partial charge in [0.1, 0.15) is 11.4 Å². The van der Waals surface area contributed by atoms with Crippen LogP contribution in [0.4, 0.5) is 10.1 Å². The fraction of sp³-hybridized carbons (Fsp3) is 0.250. The Morgan fingerprint density at radius 1 is 1.29 bits per heavy atom. The van der Waals surface area contributed by atoms with E-state index in [4.69, 9.17) is 6.57 Å². The number of Topliss-reactive ketones (excluding diaryl/α,β-unsaturated/α-hetero) is 1. The van der Waals surface area contributed by atoms with Crippen LogP contribution in [0.1, 0.15) is 18.1 Å².